The molecule has 3 heterocycles. The number of nitrogens with zero attached hydrogens (tertiary/aromatic N) is 4. The first kappa shape index (κ1) is 21.0. The summed E-state index contributed by atoms with van der Waals surface area (Å²) in [6, 6.07) is 3.98. The van der Waals surface area contributed by atoms with Gasteiger partial charge >= 0.3 is 0 Å². The standard InChI is InChI=1S/C20H29N7OS/c1-14-26-17(13-29-14)7-9-24-20(22-2)25-11-15-5-3-8-23-19(15)27-10-4-6-16(12-27)18(21)28/h3,5,8,13,16H,4,6-7,9-12H2,1-2H3,(H2,21,28)(H2,22,24,25). The Labute approximate surface area is 175 Å². The largest absolute Gasteiger partial charge is 0.369 e. The molecule has 0 aliphatic carbocycles. The second-order valence-electron chi connectivity index (χ2n) is 7.13. The third-order valence-corrected chi connectivity index (χ3v) is 5.82. The summed E-state index contributed by atoms with van der Waals surface area (Å²) in [5, 5.41) is 9.86. The summed E-state index contributed by atoms with van der Waals surface area (Å²) >= 11 is 1.67. The van der Waals surface area contributed by atoms with Gasteiger partial charge in [0, 0.05) is 56.8 Å². The molecular weight excluding hydrogens is 386 g/mol. The number of aryl methyl sites for hydroxylation is 1. The van der Waals surface area contributed by atoms with Crippen LogP contribution in [0.2, 0.25) is 0 Å². The maximum Gasteiger partial charge on any atom is 0.222 e. The van der Waals surface area contributed by atoms with E-state index in [0.717, 1.165) is 60.4 Å². The van der Waals surface area contributed by atoms with Gasteiger partial charge in [0.1, 0.15) is 5.82 Å². The second-order valence-corrected chi connectivity index (χ2v) is 8.20. The molecule has 2 aromatic rings. The molecule has 4 N–H and O–H groups in total. The molecule has 0 bridgehead atoms. The highest BCUT2D eigenvalue weighted by Gasteiger charge is 2.25. The average molecular weight is 416 g/mol. The highest BCUT2D eigenvalue weighted by atomic mass is 32.1. The molecule has 2 aromatic heterocycles. The summed E-state index contributed by atoms with van der Waals surface area (Å²) in [6.45, 7) is 4.88. The van der Waals surface area contributed by atoms with E-state index in [1.54, 1.807) is 24.6 Å². The maximum absolute atomic E-state index is 11.6. The van der Waals surface area contributed by atoms with E-state index in [4.69, 9.17) is 5.73 Å². The fourth-order valence-corrected chi connectivity index (χ4v) is 4.13. The highest BCUT2D eigenvalue weighted by molar-refractivity contribution is 7.09. The zero-order valence-electron chi connectivity index (χ0n) is 17.0. The van der Waals surface area contributed by atoms with Crippen LogP contribution in [0.1, 0.15) is 29.1 Å². The van der Waals surface area contributed by atoms with Crippen molar-refractivity contribution in [1.29, 1.82) is 0 Å². The van der Waals surface area contributed by atoms with Crippen molar-refractivity contribution in [3.63, 3.8) is 0 Å². The number of hydrogen-bond donors (Lipinski definition) is 3. The first-order chi connectivity index (χ1) is 14.1. The van der Waals surface area contributed by atoms with E-state index in [0.29, 0.717) is 13.1 Å². The smallest absolute Gasteiger partial charge is 0.222 e. The van der Waals surface area contributed by atoms with Crippen molar-refractivity contribution >= 4 is 29.0 Å². The first-order valence-electron chi connectivity index (χ1n) is 9.90. The Hall–Kier alpha value is -2.68. The van der Waals surface area contributed by atoms with Crippen LogP contribution < -0.4 is 21.3 Å². The molecule has 1 saturated heterocycles. The number of anilines is 1. The molecule has 1 aliphatic heterocycles. The van der Waals surface area contributed by atoms with Gasteiger partial charge in [-0.1, -0.05) is 6.07 Å². The number of carbonyl (C=O) groups is 1. The molecule has 8 nitrogen and oxygen atoms in total. The topological polar surface area (TPSA) is 109 Å². The molecule has 1 aliphatic rings. The third-order valence-electron chi connectivity index (χ3n) is 5.00. The first-order valence-corrected chi connectivity index (χ1v) is 10.8. The van der Waals surface area contributed by atoms with Crippen LogP contribution in [0.25, 0.3) is 0 Å². The van der Waals surface area contributed by atoms with Crippen molar-refractivity contribution in [3.05, 3.63) is 40.0 Å². The lowest BCUT2D eigenvalue weighted by atomic mass is 9.97. The summed E-state index contributed by atoms with van der Waals surface area (Å²) in [5.74, 6) is 1.29. The Morgan fingerprint density at radius 1 is 1.45 bits per heavy atom. The minimum atomic E-state index is -0.231. The minimum absolute atomic E-state index is 0.115. The van der Waals surface area contributed by atoms with Gasteiger partial charge < -0.3 is 21.3 Å². The van der Waals surface area contributed by atoms with Gasteiger partial charge in [-0.3, -0.25) is 9.79 Å². The van der Waals surface area contributed by atoms with Crippen LogP contribution in [-0.2, 0) is 17.8 Å². The predicted molar refractivity (Wildman–Crippen MR) is 117 cm³/mol. The lowest BCUT2D eigenvalue weighted by Gasteiger charge is -2.33. The molecule has 29 heavy (non-hydrogen) atoms. The molecule has 1 amide bonds. The van der Waals surface area contributed by atoms with Crippen molar-refractivity contribution < 1.29 is 4.79 Å². The molecule has 0 saturated carbocycles. The van der Waals surface area contributed by atoms with Crippen molar-refractivity contribution in [2.75, 3.05) is 31.6 Å². The van der Waals surface area contributed by atoms with Crippen molar-refractivity contribution in [1.82, 2.24) is 20.6 Å². The lowest BCUT2D eigenvalue weighted by molar-refractivity contribution is -0.122. The number of amides is 1. The van der Waals surface area contributed by atoms with Gasteiger partial charge in [0.25, 0.3) is 0 Å². The van der Waals surface area contributed by atoms with Gasteiger partial charge in [0.2, 0.25) is 5.91 Å². The molecule has 3 rings (SSSR count). The Kier molecular flexibility index (Phi) is 7.40. The number of hydrogen-bond acceptors (Lipinski definition) is 6. The molecule has 1 unspecified atom stereocenters. The Bertz CT molecular complexity index is 851. The summed E-state index contributed by atoms with van der Waals surface area (Å²) in [4.78, 5) is 27.1. The van der Waals surface area contributed by atoms with E-state index in [1.165, 1.54) is 0 Å². The third kappa shape index (κ3) is 5.90. The number of rotatable bonds is 7. The average Bonchev–Trinajstić information content (AvgIpc) is 3.15. The number of thiazole rings is 1. The molecule has 1 fully saturated rings. The van der Waals surface area contributed by atoms with Crippen molar-refractivity contribution in [3.8, 4) is 0 Å². The number of primary amides is 1. The number of carbonyl (C=O) groups excluding carboxylic acids is 1. The number of nitrogens with one attached hydrogen (secondary N) is 2. The summed E-state index contributed by atoms with van der Waals surface area (Å²) < 4.78 is 0. The summed E-state index contributed by atoms with van der Waals surface area (Å²) in [5.41, 5.74) is 7.69. The van der Waals surface area contributed by atoms with E-state index in [1.807, 2.05) is 13.0 Å². The summed E-state index contributed by atoms with van der Waals surface area (Å²) in [6.07, 6.45) is 4.43. The molecule has 0 spiro atoms. The number of pyridine rings is 1. The number of piperidine rings is 1. The zero-order valence-corrected chi connectivity index (χ0v) is 17.8. The van der Waals surface area contributed by atoms with Gasteiger partial charge in [0.15, 0.2) is 5.96 Å². The van der Waals surface area contributed by atoms with E-state index >= 15 is 0 Å². The van der Waals surface area contributed by atoms with E-state index < -0.39 is 0 Å². The summed E-state index contributed by atoms with van der Waals surface area (Å²) in [7, 11) is 1.76. The lowest BCUT2D eigenvalue weighted by Crippen LogP contribution is -2.42. The second kappa shape index (κ2) is 10.2. The minimum Gasteiger partial charge on any atom is -0.369 e. The van der Waals surface area contributed by atoms with E-state index in [2.05, 4.69) is 41.9 Å². The van der Waals surface area contributed by atoms with Crippen LogP contribution in [0.4, 0.5) is 5.82 Å². The maximum atomic E-state index is 11.6. The molecule has 156 valence electrons. The normalized spacial score (nSPS) is 17.2. The van der Waals surface area contributed by atoms with Gasteiger partial charge in [0.05, 0.1) is 16.6 Å². The fourth-order valence-electron chi connectivity index (χ4n) is 3.49. The van der Waals surface area contributed by atoms with E-state index in [-0.39, 0.29) is 11.8 Å². The van der Waals surface area contributed by atoms with Crippen molar-refractivity contribution in [2.24, 2.45) is 16.6 Å². The molecule has 0 aromatic carbocycles. The number of guanidine groups is 1. The van der Waals surface area contributed by atoms with Crippen LogP contribution in [0.3, 0.4) is 0 Å². The van der Waals surface area contributed by atoms with Crippen LogP contribution in [0.5, 0.6) is 0 Å². The van der Waals surface area contributed by atoms with Gasteiger partial charge in [-0.2, -0.15) is 0 Å². The number of nitrogens with two attached hydrogens (primary N) is 1. The fraction of sp³-hybridized carbons (Fsp3) is 0.500. The molecule has 1 atom stereocenters. The highest BCUT2D eigenvalue weighted by Crippen LogP contribution is 2.24. The molecule has 0 radical (unpaired) electrons. The quantitative estimate of drug-likeness (QED) is 0.467. The van der Waals surface area contributed by atoms with Crippen LogP contribution in [-0.4, -0.2) is 48.5 Å². The Balaban J connectivity index is 1.56. The molecule has 9 heteroatoms. The van der Waals surface area contributed by atoms with Gasteiger partial charge in [-0.15, -0.1) is 11.3 Å². The number of aromatic nitrogens is 2. The van der Waals surface area contributed by atoms with Gasteiger partial charge in [-0.05, 0) is 25.8 Å². The van der Waals surface area contributed by atoms with Crippen molar-refractivity contribution in [2.45, 2.75) is 32.7 Å². The SMILES string of the molecule is CN=C(NCCc1csc(C)n1)NCc1cccnc1N1CCCC(C(N)=O)C1. The molecular formula is C20H29N7OS. The van der Waals surface area contributed by atoms with Crippen LogP contribution in [0.15, 0.2) is 28.7 Å². The van der Waals surface area contributed by atoms with E-state index in [9.17, 15) is 4.79 Å². The van der Waals surface area contributed by atoms with Gasteiger partial charge in [-0.25, -0.2) is 9.97 Å². The predicted octanol–water partition coefficient (Wildman–Crippen LogP) is 1.46. The monoisotopic (exact) mass is 415 g/mol. The van der Waals surface area contributed by atoms with Crippen LogP contribution >= 0.6 is 11.3 Å². The zero-order chi connectivity index (χ0) is 20.6. The Morgan fingerprint density at radius 2 is 2.31 bits per heavy atom. The van der Waals surface area contributed by atoms with Crippen LogP contribution in [0, 0.1) is 12.8 Å². The number of aliphatic imine (C=N–C) groups is 1. The Morgan fingerprint density at radius 3 is 3.03 bits per heavy atom.